The SMILES string of the molecule is CC.CC.Cc1cn(C)c(C)c1C. The van der Waals surface area contributed by atoms with E-state index < -0.39 is 0 Å². The Balaban J connectivity index is 0. The predicted molar refractivity (Wildman–Crippen MR) is 62.3 cm³/mol. The van der Waals surface area contributed by atoms with Gasteiger partial charge in [-0.05, 0) is 31.9 Å². The van der Waals surface area contributed by atoms with Crippen LogP contribution in [0.3, 0.4) is 0 Å². The Morgan fingerprint density at radius 2 is 1.31 bits per heavy atom. The van der Waals surface area contributed by atoms with Crippen molar-refractivity contribution in [1.82, 2.24) is 4.57 Å². The molecule has 13 heavy (non-hydrogen) atoms. The van der Waals surface area contributed by atoms with E-state index in [1.807, 2.05) is 27.7 Å². The highest BCUT2D eigenvalue weighted by molar-refractivity contribution is 5.28. The fourth-order valence-electron chi connectivity index (χ4n) is 1.03. The average molecular weight is 183 g/mol. The lowest BCUT2D eigenvalue weighted by Gasteiger charge is -1.93. The standard InChI is InChI=1S/C8H13N.2C2H6/c1-6-5-9(4)8(3)7(6)2;2*1-2/h5H,1-4H3;2*1-2H3. The average Bonchev–Trinajstić information content (AvgIpc) is 2.40. The first-order chi connectivity index (χ1) is 6.13. The van der Waals surface area contributed by atoms with Crippen LogP contribution in [0, 0.1) is 20.8 Å². The first kappa shape index (κ1) is 14.8. The van der Waals surface area contributed by atoms with Crippen LogP contribution < -0.4 is 0 Å². The summed E-state index contributed by atoms with van der Waals surface area (Å²) in [4.78, 5) is 0. The zero-order valence-electron chi connectivity index (χ0n) is 10.5. The summed E-state index contributed by atoms with van der Waals surface area (Å²) in [6, 6.07) is 0. The molecule has 1 aromatic rings. The highest BCUT2D eigenvalue weighted by Gasteiger charge is 1.99. The molecule has 0 unspecified atom stereocenters. The molecule has 1 heteroatoms. The zero-order chi connectivity index (χ0) is 11.0. The Labute approximate surface area is 83.8 Å². The van der Waals surface area contributed by atoms with Crippen molar-refractivity contribution < 1.29 is 0 Å². The van der Waals surface area contributed by atoms with Gasteiger partial charge in [0, 0.05) is 18.9 Å². The molecule has 78 valence electrons. The topological polar surface area (TPSA) is 4.93 Å². The van der Waals surface area contributed by atoms with Gasteiger partial charge in [0.25, 0.3) is 0 Å². The van der Waals surface area contributed by atoms with E-state index in [1.54, 1.807) is 0 Å². The van der Waals surface area contributed by atoms with Crippen LogP contribution >= 0.6 is 0 Å². The Bertz CT molecular complexity index is 199. The Kier molecular flexibility index (Phi) is 8.99. The van der Waals surface area contributed by atoms with Crippen molar-refractivity contribution in [2.45, 2.75) is 48.5 Å². The lowest BCUT2D eigenvalue weighted by molar-refractivity contribution is 0.876. The highest BCUT2D eigenvalue weighted by Crippen LogP contribution is 2.11. The molecule has 0 spiro atoms. The van der Waals surface area contributed by atoms with Crippen LogP contribution in [0.2, 0.25) is 0 Å². The zero-order valence-corrected chi connectivity index (χ0v) is 10.5. The first-order valence-corrected chi connectivity index (χ1v) is 5.22. The second-order valence-corrected chi connectivity index (χ2v) is 2.63. The van der Waals surface area contributed by atoms with E-state index in [9.17, 15) is 0 Å². The van der Waals surface area contributed by atoms with E-state index >= 15 is 0 Å². The molecular formula is C12H25N. The van der Waals surface area contributed by atoms with Gasteiger partial charge in [0.1, 0.15) is 0 Å². The molecule has 0 aromatic carbocycles. The molecule has 1 rings (SSSR count). The molecule has 1 aromatic heterocycles. The molecule has 0 atom stereocenters. The van der Waals surface area contributed by atoms with Gasteiger partial charge in [-0.1, -0.05) is 27.7 Å². The molecule has 1 heterocycles. The third-order valence-corrected chi connectivity index (χ3v) is 2.05. The van der Waals surface area contributed by atoms with E-state index in [0.717, 1.165) is 0 Å². The van der Waals surface area contributed by atoms with E-state index in [0.29, 0.717) is 0 Å². The molecule has 0 aliphatic rings. The maximum atomic E-state index is 2.16. The van der Waals surface area contributed by atoms with Gasteiger partial charge in [-0.15, -0.1) is 0 Å². The van der Waals surface area contributed by atoms with E-state index in [1.165, 1.54) is 16.8 Å². The van der Waals surface area contributed by atoms with Crippen LogP contribution in [-0.2, 0) is 7.05 Å². The third-order valence-electron chi connectivity index (χ3n) is 2.05. The third kappa shape index (κ3) is 4.16. The van der Waals surface area contributed by atoms with Crippen molar-refractivity contribution in [2.75, 3.05) is 0 Å². The van der Waals surface area contributed by atoms with Crippen molar-refractivity contribution >= 4 is 0 Å². The molecule has 0 radical (unpaired) electrons. The molecule has 0 saturated carbocycles. The summed E-state index contributed by atoms with van der Waals surface area (Å²) >= 11 is 0. The molecule has 0 amide bonds. The summed E-state index contributed by atoms with van der Waals surface area (Å²) in [5, 5.41) is 0. The quantitative estimate of drug-likeness (QED) is 0.573. The maximum Gasteiger partial charge on any atom is 0.0172 e. The minimum atomic E-state index is 1.37. The first-order valence-electron chi connectivity index (χ1n) is 5.22. The minimum Gasteiger partial charge on any atom is -0.354 e. The fourth-order valence-corrected chi connectivity index (χ4v) is 1.03. The van der Waals surface area contributed by atoms with Crippen molar-refractivity contribution in [3.05, 3.63) is 23.0 Å². The van der Waals surface area contributed by atoms with Crippen LogP contribution in [0.1, 0.15) is 44.5 Å². The van der Waals surface area contributed by atoms with E-state index in [2.05, 4.69) is 38.6 Å². The number of rotatable bonds is 0. The van der Waals surface area contributed by atoms with Gasteiger partial charge in [-0.3, -0.25) is 0 Å². The van der Waals surface area contributed by atoms with Gasteiger partial charge >= 0.3 is 0 Å². The monoisotopic (exact) mass is 183 g/mol. The summed E-state index contributed by atoms with van der Waals surface area (Å²) in [7, 11) is 2.08. The molecule has 0 fully saturated rings. The van der Waals surface area contributed by atoms with Crippen molar-refractivity contribution in [3.63, 3.8) is 0 Å². The maximum absolute atomic E-state index is 2.16. The van der Waals surface area contributed by atoms with E-state index in [4.69, 9.17) is 0 Å². The number of nitrogens with zero attached hydrogens (tertiary/aromatic N) is 1. The van der Waals surface area contributed by atoms with Crippen molar-refractivity contribution in [1.29, 1.82) is 0 Å². The lowest BCUT2D eigenvalue weighted by Crippen LogP contribution is -1.87. The Hall–Kier alpha value is -0.720. The van der Waals surface area contributed by atoms with Gasteiger partial charge in [-0.25, -0.2) is 0 Å². The largest absolute Gasteiger partial charge is 0.354 e. The van der Waals surface area contributed by atoms with Crippen molar-refractivity contribution in [3.8, 4) is 0 Å². The fraction of sp³-hybridized carbons (Fsp3) is 0.667. The molecule has 1 nitrogen and oxygen atoms in total. The predicted octanol–water partition coefficient (Wildman–Crippen LogP) is 4.00. The number of hydrogen-bond donors (Lipinski definition) is 0. The smallest absolute Gasteiger partial charge is 0.0172 e. The van der Waals surface area contributed by atoms with Gasteiger partial charge in [0.05, 0.1) is 0 Å². The number of aryl methyl sites for hydroxylation is 2. The molecule has 0 N–H and O–H groups in total. The lowest BCUT2D eigenvalue weighted by atomic mass is 10.2. The second-order valence-electron chi connectivity index (χ2n) is 2.63. The van der Waals surface area contributed by atoms with Crippen LogP contribution in [0.15, 0.2) is 6.20 Å². The Morgan fingerprint density at radius 3 is 1.38 bits per heavy atom. The molecule has 0 saturated heterocycles. The number of aromatic nitrogens is 1. The Morgan fingerprint density at radius 1 is 0.923 bits per heavy atom. The molecule has 0 aliphatic heterocycles. The molecule has 0 bridgehead atoms. The summed E-state index contributed by atoms with van der Waals surface area (Å²) in [5.41, 5.74) is 4.17. The summed E-state index contributed by atoms with van der Waals surface area (Å²) in [6.07, 6.45) is 2.16. The van der Waals surface area contributed by atoms with Crippen LogP contribution in [0.25, 0.3) is 0 Å². The summed E-state index contributed by atoms with van der Waals surface area (Å²) in [5.74, 6) is 0. The molecular weight excluding hydrogens is 158 g/mol. The summed E-state index contributed by atoms with van der Waals surface area (Å²) < 4.78 is 2.16. The van der Waals surface area contributed by atoms with Gasteiger partial charge < -0.3 is 4.57 Å². The highest BCUT2D eigenvalue weighted by atomic mass is 14.9. The normalized spacial score (nSPS) is 8.00. The second kappa shape index (κ2) is 7.90. The van der Waals surface area contributed by atoms with Crippen LogP contribution in [0.5, 0.6) is 0 Å². The van der Waals surface area contributed by atoms with Crippen LogP contribution in [-0.4, -0.2) is 4.57 Å². The van der Waals surface area contributed by atoms with E-state index in [-0.39, 0.29) is 0 Å². The minimum absolute atomic E-state index is 1.37. The summed E-state index contributed by atoms with van der Waals surface area (Å²) in [6.45, 7) is 14.4. The van der Waals surface area contributed by atoms with Gasteiger partial charge in [-0.2, -0.15) is 0 Å². The van der Waals surface area contributed by atoms with Gasteiger partial charge in [0.2, 0.25) is 0 Å². The number of hydrogen-bond acceptors (Lipinski definition) is 0. The van der Waals surface area contributed by atoms with Gasteiger partial charge in [0.15, 0.2) is 0 Å². The van der Waals surface area contributed by atoms with Crippen LogP contribution in [0.4, 0.5) is 0 Å². The van der Waals surface area contributed by atoms with Crippen molar-refractivity contribution in [2.24, 2.45) is 7.05 Å². The molecule has 0 aliphatic carbocycles.